The molecule has 1 saturated carbocycles. The van der Waals surface area contributed by atoms with Crippen molar-refractivity contribution < 1.29 is 31.9 Å². The van der Waals surface area contributed by atoms with Gasteiger partial charge in [0, 0.05) is 5.92 Å². The van der Waals surface area contributed by atoms with Crippen molar-refractivity contribution in [3.05, 3.63) is 11.7 Å². The van der Waals surface area contributed by atoms with Gasteiger partial charge in [-0.05, 0) is 25.7 Å². The van der Waals surface area contributed by atoms with Gasteiger partial charge in [0.15, 0.2) is 5.82 Å². The van der Waals surface area contributed by atoms with Gasteiger partial charge in [-0.15, -0.1) is 0 Å². The fourth-order valence-corrected chi connectivity index (χ4v) is 2.16. The maximum absolute atomic E-state index is 12.6. The van der Waals surface area contributed by atoms with Gasteiger partial charge in [-0.2, -0.15) is 13.8 Å². The maximum atomic E-state index is 12.6. The predicted molar refractivity (Wildman–Crippen MR) is 62.1 cm³/mol. The minimum absolute atomic E-state index is 0.0251. The van der Waals surface area contributed by atoms with Crippen LogP contribution in [-0.2, 0) is 11.3 Å². The van der Waals surface area contributed by atoms with Crippen LogP contribution >= 0.6 is 0 Å². The molecule has 1 fully saturated rings. The molecule has 1 aromatic rings. The van der Waals surface area contributed by atoms with Crippen LogP contribution in [0.15, 0.2) is 4.52 Å². The van der Waals surface area contributed by atoms with Gasteiger partial charge in [-0.3, -0.25) is 0 Å². The number of ether oxygens (including phenoxy) is 1. The largest absolute Gasteiger partial charge is 0.393 e. The number of nitrogens with zero attached hydrogens (tertiary/aromatic N) is 2. The van der Waals surface area contributed by atoms with Gasteiger partial charge in [0.05, 0.1) is 6.10 Å². The van der Waals surface area contributed by atoms with E-state index in [0.717, 1.165) is 0 Å². The number of aliphatic hydroxyl groups excluding tert-OH is 1. The number of alkyl halides is 4. The van der Waals surface area contributed by atoms with Gasteiger partial charge < -0.3 is 14.4 Å². The van der Waals surface area contributed by atoms with Crippen LogP contribution in [0, 0.1) is 0 Å². The van der Waals surface area contributed by atoms with E-state index < -0.39 is 25.6 Å². The molecule has 1 heterocycles. The van der Waals surface area contributed by atoms with E-state index >= 15 is 0 Å². The maximum Gasteiger partial charge on any atom is 0.330 e. The Morgan fingerprint density at radius 1 is 1.29 bits per heavy atom. The molecule has 0 atom stereocenters. The quantitative estimate of drug-likeness (QED) is 0.817. The minimum atomic E-state index is -4.19. The van der Waals surface area contributed by atoms with E-state index in [1.54, 1.807) is 0 Å². The molecule has 21 heavy (non-hydrogen) atoms. The molecule has 0 aromatic carbocycles. The summed E-state index contributed by atoms with van der Waals surface area (Å²) in [5.74, 6) is -3.76. The van der Waals surface area contributed by atoms with Crippen molar-refractivity contribution in [1.82, 2.24) is 10.1 Å². The topological polar surface area (TPSA) is 68.4 Å². The standard InChI is InChI=1S/C12H16F4N2O3/c13-11(14)12(15,16)6-20-5-9-17-10(21-18-9)7-1-3-8(19)4-2-7/h7-8,11,19H,1-6H2. The molecule has 0 amide bonds. The molecule has 5 nitrogen and oxygen atoms in total. The van der Waals surface area contributed by atoms with E-state index in [-0.39, 0.29) is 17.8 Å². The summed E-state index contributed by atoms with van der Waals surface area (Å²) < 4.78 is 58.6. The van der Waals surface area contributed by atoms with E-state index in [4.69, 9.17) is 4.52 Å². The molecule has 0 radical (unpaired) electrons. The molecule has 1 aromatic heterocycles. The SMILES string of the molecule is OC1CCC(c2nc(COCC(F)(F)C(F)F)no2)CC1. The first-order chi connectivity index (χ1) is 9.88. The third-order valence-electron chi connectivity index (χ3n) is 3.37. The van der Waals surface area contributed by atoms with Crippen LogP contribution < -0.4 is 0 Å². The zero-order chi connectivity index (χ0) is 15.5. The highest BCUT2D eigenvalue weighted by Crippen LogP contribution is 2.31. The van der Waals surface area contributed by atoms with Crippen LogP contribution in [-0.4, -0.2) is 40.3 Å². The molecule has 0 bridgehead atoms. The van der Waals surface area contributed by atoms with Crippen molar-refractivity contribution in [3.8, 4) is 0 Å². The van der Waals surface area contributed by atoms with Gasteiger partial charge in [-0.25, -0.2) is 8.78 Å². The normalized spacial score (nSPS) is 23.7. The molecule has 9 heteroatoms. The summed E-state index contributed by atoms with van der Waals surface area (Å²) in [6, 6.07) is 0. The first-order valence-electron chi connectivity index (χ1n) is 6.62. The van der Waals surface area contributed by atoms with Crippen molar-refractivity contribution in [3.63, 3.8) is 0 Å². The molecule has 1 N–H and O–H groups in total. The summed E-state index contributed by atoms with van der Waals surface area (Å²) in [4.78, 5) is 4.01. The summed E-state index contributed by atoms with van der Waals surface area (Å²) in [6.07, 6.45) is -1.41. The predicted octanol–water partition coefficient (Wildman–Crippen LogP) is 2.51. The van der Waals surface area contributed by atoms with Gasteiger partial charge >= 0.3 is 12.3 Å². The number of hydrogen-bond acceptors (Lipinski definition) is 5. The Morgan fingerprint density at radius 3 is 2.57 bits per heavy atom. The summed E-state index contributed by atoms with van der Waals surface area (Å²) in [7, 11) is 0. The average molecular weight is 312 g/mol. The number of aromatic nitrogens is 2. The summed E-state index contributed by atoms with van der Waals surface area (Å²) >= 11 is 0. The summed E-state index contributed by atoms with van der Waals surface area (Å²) in [5.41, 5.74) is 0. The Balaban J connectivity index is 1.81. The molecule has 0 saturated heterocycles. The Bertz CT molecular complexity index is 447. The number of hydrogen-bond donors (Lipinski definition) is 1. The van der Waals surface area contributed by atoms with Crippen LogP contribution in [0.5, 0.6) is 0 Å². The Hall–Kier alpha value is -1.22. The van der Waals surface area contributed by atoms with E-state index in [2.05, 4.69) is 14.9 Å². The lowest BCUT2D eigenvalue weighted by Gasteiger charge is -2.22. The van der Waals surface area contributed by atoms with E-state index in [9.17, 15) is 22.7 Å². The molecule has 1 aliphatic rings. The lowest BCUT2D eigenvalue weighted by Crippen LogP contribution is -2.32. The van der Waals surface area contributed by atoms with Crippen LogP contribution in [0.3, 0.4) is 0 Å². The molecule has 0 aliphatic heterocycles. The highest BCUT2D eigenvalue weighted by molar-refractivity contribution is 4.95. The molecule has 2 rings (SSSR count). The molecule has 120 valence electrons. The Kier molecular flexibility index (Phi) is 5.15. The third-order valence-corrected chi connectivity index (χ3v) is 3.37. The molecular weight excluding hydrogens is 296 g/mol. The molecule has 1 aliphatic carbocycles. The Morgan fingerprint density at radius 2 is 1.95 bits per heavy atom. The van der Waals surface area contributed by atoms with Crippen LogP contribution in [0.4, 0.5) is 17.6 Å². The smallest absolute Gasteiger partial charge is 0.330 e. The highest BCUT2D eigenvalue weighted by Gasteiger charge is 2.41. The fraction of sp³-hybridized carbons (Fsp3) is 0.833. The molecule has 0 unspecified atom stereocenters. The fourth-order valence-electron chi connectivity index (χ4n) is 2.16. The van der Waals surface area contributed by atoms with Gasteiger partial charge in [0.25, 0.3) is 0 Å². The zero-order valence-corrected chi connectivity index (χ0v) is 11.1. The van der Waals surface area contributed by atoms with Crippen LogP contribution in [0.1, 0.15) is 43.3 Å². The summed E-state index contributed by atoms with van der Waals surface area (Å²) in [6.45, 7) is -1.81. The number of aliphatic hydroxyl groups is 1. The lowest BCUT2D eigenvalue weighted by molar-refractivity contribution is -0.168. The molecular formula is C12H16F4N2O3. The van der Waals surface area contributed by atoms with E-state index in [1.165, 1.54) is 0 Å². The second-order valence-electron chi connectivity index (χ2n) is 5.11. The van der Waals surface area contributed by atoms with Crippen LogP contribution in [0.25, 0.3) is 0 Å². The van der Waals surface area contributed by atoms with Crippen molar-refractivity contribution in [2.75, 3.05) is 6.61 Å². The number of halogens is 4. The Labute approximate surface area is 118 Å². The average Bonchev–Trinajstić information content (AvgIpc) is 2.88. The van der Waals surface area contributed by atoms with Crippen LogP contribution in [0.2, 0.25) is 0 Å². The monoisotopic (exact) mass is 312 g/mol. The molecule has 0 spiro atoms. The van der Waals surface area contributed by atoms with Crippen molar-refractivity contribution >= 4 is 0 Å². The zero-order valence-electron chi connectivity index (χ0n) is 11.1. The minimum Gasteiger partial charge on any atom is -0.393 e. The second-order valence-corrected chi connectivity index (χ2v) is 5.11. The van der Waals surface area contributed by atoms with Crippen molar-refractivity contribution in [2.45, 2.75) is 56.7 Å². The second kappa shape index (κ2) is 6.69. The highest BCUT2D eigenvalue weighted by atomic mass is 19.3. The third kappa shape index (κ3) is 4.37. The first-order valence-corrected chi connectivity index (χ1v) is 6.62. The summed E-state index contributed by atoms with van der Waals surface area (Å²) in [5, 5.41) is 13.0. The van der Waals surface area contributed by atoms with Gasteiger partial charge in [0.1, 0.15) is 13.2 Å². The lowest BCUT2D eigenvalue weighted by atomic mass is 9.87. The van der Waals surface area contributed by atoms with Crippen molar-refractivity contribution in [2.24, 2.45) is 0 Å². The van der Waals surface area contributed by atoms with Crippen molar-refractivity contribution in [1.29, 1.82) is 0 Å². The van der Waals surface area contributed by atoms with E-state index in [1.807, 2.05) is 0 Å². The van der Waals surface area contributed by atoms with E-state index in [0.29, 0.717) is 31.6 Å². The van der Waals surface area contributed by atoms with Gasteiger partial charge in [-0.1, -0.05) is 5.16 Å². The first kappa shape index (κ1) is 16.2. The number of rotatable bonds is 6. The van der Waals surface area contributed by atoms with Gasteiger partial charge in [0.2, 0.25) is 5.89 Å².